The molecule has 3 rings (SSSR count). The van der Waals surface area contributed by atoms with E-state index in [1.807, 2.05) is 45.2 Å². The molecule has 1 aliphatic carbocycles. The molecule has 1 heterocycles. The molecule has 2 unspecified atom stereocenters. The van der Waals surface area contributed by atoms with Crippen LogP contribution in [0.2, 0.25) is 0 Å². The Hall–Kier alpha value is -2.83. The number of carbonyl (C=O) groups is 2. The molecule has 26 heavy (non-hydrogen) atoms. The summed E-state index contributed by atoms with van der Waals surface area (Å²) >= 11 is 0. The quantitative estimate of drug-likeness (QED) is 0.803. The van der Waals surface area contributed by atoms with Crippen molar-refractivity contribution < 1.29 is 19.4 Å². The molecule has 138 valence electrons. The van der Waals surface area contributed by atoms with Gasteiger partial charge in [0.1, 0.15) is 0 Å². The molecule has 0 radical (unpaired) electrons. The zero-order valence-corrected chi connectivity index (χ0v) is 15.1. The average molecular weight is 357 g/mol. The van der Waals surface area contributed by atoms with Gasteiger partial charge in [0.2, 0.25) is 11.8 Å². The van der Waals surface area contributed by atoms with E-state index >= 15 is 0 Å². The molecule has 2 aromatic rings. The number of benzene rings is 1. The summed E-state index contributed by atoms with van der Waals surface area (Å²) in [7, 11) is 1.83. The second kappa shape index (κ2) is 7.19. The molecule has 0 bridgehead atoms. The Labute approximate surface area is 151 Å². The lowest BCUT2D eigenvalue weighted by atomic mass is 9.82. The van der Waals surface area contributed by atoms with Crippen LogP contribution in [0.15, 0.2) is 30.4 Å². The Morgan fingerprint density at radius 1 is 1.27 bits per heavy atom. The van der Waals surface area contributed by atoms with Crippen molar-refractivity contribution >= 4 is 28.5 Å². The largest absolute Gasteiger partial charge is 0.481 e. The van der Waals surface area contributed by atoms with E-state index in [2.05, 4.69) is 10.4 Å². The summed E-state index contributed by atoms with van der Waals surface area (Å²) in [4.78, 5) is 24.0. The molecule has 7 nitrogen and oxygen atoms in total. The summed E-state index contributed by atoms with van der Waals surface area (Å²) < 4.78 is 7.47. The van der Waals surface area contributed by atoms with Crippen LogP contribution in [0.1, 0.15) is 26.7 Å². The predicted octanol–water partition coefficient (Wildman–Crippen LogP) is 2.97. The van der Waals surface area contributed by atoms with E-state index < -0.39 is 17.8 Å². The second-order valence-electron chi connectivity index (χ2n) is 6.81. The van der Waals surface area contributed by atoms with Crippen LogP contribution in [-0.4, -0.2) is 32.9 Å². The molecular formula is C19H23N3O4. The van der Waals surface area contributed by atoms with E-state index in [0.717, 1.165) is 10.9 Å². The van der Waals surface area contributed by atoms with Gasteiger partial charge in [0, 0.05) is 12.7 Å². The maximum atomic E-state index is 12.6. The number of aromatic nitrogens is 2. The molecule has 0 saturated heterocycles. The van der Waals surface area contributed by atoms with Crippen LogP contribution in [0.25, 0.3) is 10.9 Å². The minimum Gasteiger partial charge on any atom is -0.481 e. The number of fused-ring (bicyclic) bond motifs is 1. The monoisotopic (exact) mass is 357 g/mol. The molecule has 1 amide bonds. The van der Waals surface area contributed by atoms with E-state index in [1.54, 1.807) is 10.7 Å². The van der Waals surface area contributed by atoms with Gasteiger partial charge in [-0.05, 0) is 44.9 Å². The Morgan fingerprint density at radius 2 is 1.96 bits per heavy atom. The van der Waals surface area contributed by atoms with Crippen molar-refractivity contribution in [3.05, 3.63) is 30.4 Å². The minimum absolute atomic E-state index is 0.0169. The van der Waals surface area contributed by atoms with Crippen LogP contribution in [-0.2, 0) is 16.6 Å². The van der Waals surface area contributed by atoms with Gasteiger partial charge >= 0.3 is 5.97 Å². The SMILES string of the molecule is CC(C)Oc1nn(C)c2ccc(NC(=O)C3CC=CCC3C(=O)O)cc12. The summed E-state index contributed by atoms with van der Waals surface area (Å²) in [6.45, 7) is 3.85. The number of amides is 1. The van der Waals surface area contributed by atoms with E-state index in [0.29, 0.717) is 24.4 Å². The zero-order valence-electron chi connectivity index (χ0n) is 15.1. The number of aliphatic carboxylic acids is 1. The first-order valence-corrected chi connectivity index (χ1v) is 8.69. The normalized spacial score (nSPS) is 19.7. The summed E-state index contributed by atoms with van der Waals surface area (Å²) in [5.74, 6) is -1.98. The van der Waals surface area contributed by atoms with Gasteiger partial charge < -0.3 is 15.2 Å². The van der Waals surface area contributed by atoms with Gasteiger partial charge in [0.25, 0.3) is 0 Å². The van der Waals surface area contributed by atoms with Gasteiger partial charge in [-0.1, -0.05) is 12.2 Å². The topological polar surface area (TPSA) is 93.5 Å². The van der Waals surface area contributed by atoms with Crippen LogP contribution in [0.3, 0.4) is 0 Å². The van der Waals surface area contributed by atoms with Crippen molar-refractivity contribution in [2.45, 2.75) is 32.8 Å². The third-order valence-corrected chi connectivity index (χ3v) is 4.52. The maximum Gasteiger partial charge on any atom is 0.307 e. The lowest BCUT2D eigenvalue weighted by Gasteiger charge is -2.24. The Bertz CT molecular complexity index is 869. The van der Waals surface area contributed by atoms with Gasteiger partial charge in [-0.25, -0.2) is 0 Å². The summed E-state index contributed by atoms with van der Waals surface area (Å²) in [6.07, 6.45) is 4.47. The highest BCUT2D eigenvalue weighted by molar-refractivity contribution is 5.98. The molecule has 2 N–H and O–H groups in total. The number of hydrogen-bond donors (Lipinski definition) is 2. The standard InChI is InChI=1S/C19H23N3O4/c1-11(2)26-18-15-10-12(8-9-16(15)22(3)21-18)20-17(23)13-6-4-5-7-14(13)19(24)25/h4-5,8-11,13-14H,6-7H2,1-3H3,(H,20,23)(H,24,25). The number of rotatable bonds is 5. The summed E-state index contributed by atoms with van der Waals surface area (Å²) in [6, 6.07) is 5.46. The number of nitrogens with one attached hydrogen (secondary N) is 1. The number of anilines is 1. The summed E-state index contributed by atoms with van der Waals surface area (Å²) in [5.41, 5.74) is 1.49. The Balaban J connectivity index is 1.85. The number of carboxylic acid groups (broad SMARTS) is 1. The molecule has 0 saturated carbocycles. The smallest absolute Gasteiger partial charge is 0.307 e. The van der Waals surface area contributed by atoms with E-state index in [9.17, 15) is 14.7 Å². The van der Waals surface area contributed by atoms with E-state index in [1.165, 1.54) is 0 Å². The lowest BCUT2D eigenvalue weighted by molar-refractivity contribution is -0.146. The highest BCUT2D eigenvalue weighted by Gasteiger charge is 2.34. The van der Waals surface area contributed by atoms with Gasteiger partial charge in [0.15, 0.2) is 0 Å². The molecule has 2 atom stereocenters. The van der Waals surface area contributed by atoms with Crippen LogP contribution in [0.5, 0.6) is 5.88 Å². The van der Waals surface area contributed by atoms with Crippen molar-refractivity contribution in [3.63, 3.8) is 0 Å². The van der Waals surface area contributed by atoms with Crippen molar-refractivity contribution in [2.75, 3.05) is 5.32 Å². The first-order chi connectivity index (χ1) is 12.4. The average Bonchev–Trinajstić information content (AvgIpc) is 2.89. The number of carboxylic acids is 1. The molecule has 1 aromatic heterocycles. The van der Waals surface area contributed by atoms with Crippen LogP contribution < -0.4 is 10.1 Å². The van der Waals surface area contributed by atoms with Gasteiger partial charge in [-0.2, -0.15) is 0 Å². The Kier molecular flexibility index (Phi) is 4.97. The number of ether oxygens (including phenoxy) is 1. The van der Waals surface area contributed by atoms with Gasteiger partial charge in [0.05, 0.1) is 28.8 Å². The highest BCUT2D eigenvalue weighted by Crippen LogP contribution is 2.30. The highest BCUT2D eigenvalue weighted by atomic mass is 16.5. The van der Waals surface area contributed by atoms with Crippen LogP contribution >= 0.6 is 0 Å². The molecule has 1 aliphatic rings. The van der Waals surface area contributed by atoms with Crippen molar-refractivity contribution in [2.24, 2.45) is 18.9 Å². The molecule has 0 spiro atoms. The number of hydrogen-bond acceptors (Lipinski definition) is 4. The first kappa shape index (κ1) is 18.0. The fourth-order valence-corrected chi connectivity index (χ4v) is 3.23. The first-order valence-electron chi connectivity index (χ1n) is 8.69. The minimum atomic E-state index is -0.940. The van der Waals surface area contributed by atoms with Crippen molar-refractivity contribution in [1.29, 1.82) is 0 Å². The van der Waals surface area contributed by atoms with Crippen LogP contribution in [0, 0.1) is 11.8 Å². The molecule has 7 heteroatoms. The van der Waals surface area contributed by atoms with Gasteiger partial charge in [-0.3, -0.25) is 14.3 Å². The van der Waals surface area contributed by atoms with Gasteiger partial charge in [-0.15, -0.1) is 5.10 Å². The maximum absolute atomic E-state index is 12.6. The zero-order chi connectivity index (χ0) is 18.8. The number of aryl methyl sites for hydroxylation is 1. The molecule has 0 aliphatic heterocycles. The summed E-state index contributed by atoms with van der Waals surface area (Å²) in [5, 5.41) is 17.4. The number of nitrogens with zero attached hydrogens (tertiary/aromatic N) is 2. The molecule has 1 aromatic carbocycles. The predicted molar refractivity (Wildman–Crippen MR) is 98.1 cm³/mol. The molecular weight excluding hydrogens is 334 g/mol. The van der Waals surface area contributed by atoms with Crippen molar-refractivity contribution in [3.8, 4) is 5.88 Å². The molecule has 0 fully saturated rings. The Morgan fingerprint density at radius 3 is 2.62 bits per heavy atom. The van der Waals surface area contributed by atoms with Crippen molar-refractivity contribution in [1.82, 2.24) is 9.78 Å². The van der Waals surface area contributed by atoms with E-state index in [4.69, 9.17) is 4.74 Å². The fourth-order valence-electron chi connectivity index (χ4n) is 3.23. The number of carbonyl (C=O) groups excluding carboxylic acids is 1. The second-order valence-corrected chi connectivity index (χ2v) is 6.81. The third-order valence-electron chi connectivity index (χ3n) is 4.52. The third kappa shape index (κ3) is 3.56. The van der Waals surface area contributed by atoms with Crippen LogP contribution in [0.4, 0.5) is 5.69 Å². The lowest BCUT2D eigenvalue weighted by Crippen LogP contribution is -2.34. The number of allylic oxidation sites excluding steroid dienone is 2. The van der Waals surface area contributed by atoms with E-state index in [-0.39, 0.29) is 12.0 Å². The fraction of sp³-hybridized carbons (Fsp3) is 0.421.